The third-order valence-corrected chi connectivity index (χ3v) is 2.42. The lowest BCUT2D eigenvalue weighted by Crippen LogP contribution is -2.44. The minimum atomic E-state index is -0.247. The van der Waals surface area contributed by atoms with Gasteiger partial charge in [-0.25, -0.2) is 0 Å². The summed E-state index contributed by atoms with van der Waals surface area (Å²) in [5.74, 6) is 0.0703. The van der Waals surface area contributed by atoms with Crippen molar-refractivity contribution >= 4 is 5.91 Å². The van der Waals surface area contributed by atoms with Crippen molar-refractivity contribution < 1.29 is 9.90 Å². The number of aliphatic hydroxyl groups is 1. The Balaban J connectivity index is 2.18. The van der Waals surface area contributed by atoms with Crippen LogP contribution in [0.5, 0.6) is 0 Å². The maximum absolute atomic E-state index is 11.3. The van der Waals surface area contributed by atoms with E-state index in [4.69, 9.17) is 0 Å². The van der Waals surface area contributed by atoms with E-state index in [1.54, 1.807) is 0 Å². The molecule has 0 aliphatic carbocycles. The van der Waals surface area contributed by atoms with E-state index in [0.29, 0.717) is 13.1 Å². The average Bonchev–Trinajstić information content (AvgIpc) is 2.15. The van der Waals surface area contributed by atoms with E-state index in [9.17, 15) is 9.90 Å². The molecule has 1 atom stereocenters. The average molecular weight is 200 g/mol. The van der Waals surface area contributed by atoms with Gasteiger partial charge in [0.2, 0.25) is 5.91 Å². The Bertz CT molecular complexity index is 185. The first-order chi connectivity index (χ1) is 6.72. The Morgan fingerprint density at radius 1 is 1.64 bits per heavy atom. The van der Waals surface area contributed by atoms with Crippen molar-refractivity contribution in [2.45, 2.75) is 32.3 Å². The fourth-order valence-electron chi connectivity index (χ4n) is 1.70. The van der Waals surface area contributed by atoms with E-state index < -0.39 is 0 Å². The number of nitrogens with zero attached hydrogens (tertiary/aromatic N) is 1. The lowest BCUT2D eigenvalue weighted by Gasteiger charge is -2.29. The van der Waals surface area contributed by atoms with E-state index in [-0.39, 0.29) is 12.0 Å². The lowest BCUT2D eigenvalue weighted by atomic mass is 10.1. The SMILES string of the molecule is CCCNC(=O)CN1CCCC(O)C1. The van der Waals surface area contributed by atoms with Crippen LogP contribution in [0.2, 0.25) is 0 Å². The number of hydrogen-bond acceptors (Lipinski definition) is 3. The first-order valence-electron chi connectivity index (χ1n) is 5.39. The van der Waals surface area contributed by atoms with Crippen LogP contribution in [0.4, 0.5) is 0 Å². The summed E-state index contributed by atoms with van der Waals surface area (Å²) < 4.78 is 0. The molecule has 0 aromatic heterocycles. The van der Waals surface area contributed by atoms with Crippen LogP contribution in [0, 0.1) is 0 Å². The maximum Gasteiger partial charge on any atom is 0.234 e. The molecule has 0 spiro atoms. The zero-order chi connectivity index (χ0) is 10.4. The second-order valence-corrected chi connectivity index (χ2v) is 3.88. The van der Waals surface area contributed by atoms with Crippen LogP contribution in [0.1, 0.15) is 26.2 Å². The number of rotatable bonds is 4. The molecule has 1 heterocycles. The van der Waals surface area contributed by atoms with Gasteiger partial charge in [0.15, 0.2) is 0 Å². The zero-order valence-corrected chi connectivity index (χ0v) is 8.83. The van der Waals surface area contributed by atoms with Gasteiger partial charge in [0.1, 0.15) is 0 Å². The number of carbonyl (C=O) groups is 1. The number of nitrogens with one attached hydrogen (secondary N) is 1. The summed E-state index contributed by atoms with van der Waals surface area (Å²) in [4.78, 5) is 13.4. The van der Waals surface area contributed by atoms with Gasteiger partial charge in [-0.15, -0.1) is 0 Å². The molecular formula is C10H20N2O2. The van der Waals surface area contributed by atoms with Crippen LogP contribution in [-0.2, 0) is 4.79 Å². The van der Waals surface area contributed by atoms with E-state index in [0.717, 1.165) is 32.4 Å². The second kappa shape index (κ2) is 5.98. The lowest BCUT2D eigenvalue weighted by molar-refractivity contribution is -0.122. The normalized spacial score (nSPS) is 23.4. The molecule has 82 valence electrons. The van der Waals surface area contributed by atoms with Crippen molar-refractivity contribution in [1.82, 2.24) is 10.2 Å². The Hall–Kier alpha value is -0.610. The van der Waals surface area contributed by atoms with Gasteiger partial charge in [0, 0.05) is 13.1 Å². The Morgan fingerprint density at radius 2 is 2.43 bits per heavy atom. The van der Waals surface area contributed by atoms with Gasteiger partial charge < -0.3 is 10.4 Å². The number of hydrogen-bond donors (Lipinski definition) is 2. The standard InChI is InChI=1S/C10H20N2O2/c1-2-5-11-10(14)8-12-6-3-4-9(13)7-12/h9,13H,2-8H2,1H3,(H,11,14). The van der Waals surface area contributed by atoms with Crippen LogP contribution < -0.4 is 5.32 Å². The molecule has 1 aliphatic heterocycles. The highest BCUT2D eigenvalue weighted by atomic mass is 16.3. The summed E-state index contributed by atoms with van der Waals surface area (Å²) in [6.45, 7) is 4.77. The maximum atomic E-state index is 11.3. The third-order valence-electron chi connectivity index (χ3n) is 2.42. The molecule has 1 aliphatic rings. The molecule has 4 heteroatoms. The van der Waals surface area contributed by atoms with Gasteiger partial charge in [-0.05, 0) is 25.8 Å². The zero-order valence-electron chi connectivity index (χ0n) is 8.83. The van der Waals surface area contributed by atoms with E-state index in [1.165, 1.54) is 0 Å². The molecule has 0 bridgehead atoms. The number of β-amino-alcohol motifs (C(OH)–C–C–N with tert-alkyl or cyclic N) is 1. The Labute approximate surface area is 85.3 Å². The number of piperidine rings is 1. The molecule has 0 aromatic rings. The van der Waals surface area contributed by atoms with Crippen molar-refractivity contribution in [3.8, 4) is 0 Å². The molecule has 0 radical (unpaired) electrons. The largest absolute Gasteiger partial charge is 0.392 e. The minimum absolute atomic E-state index is 0.0703. The molecule has 1 saturated heterocycles. The summed E-state index contributed by atoms with van der Waals surface area (Å²) >= 11 is 0. The second-order valence-electron chi connectivity index (χ2n) is 3.88. The number of aliphatic hydroxyl groups excluding tert-OH is 1. The fraction of sp³-hybridized carbons (Fsp3) is 0.900. The van der Waals surface area contributed by atoms with Gasteiger partial charge in [0.25, 0.3) is 0 Å². The number of carbonyl (C=O) groups excluding carboxylic acids is 1. The van der Waals surface area contributed by atoms with E-state index in [1.807, 2.05) is 11.8 Å². The van der Waals surface area contributed by atoms with E-state index >= 15 is 0 Å². The minimum Gasteiger partial charge on any atom is -0.392 e. The topological polar surface area (TPSA) is 52.6 Å². The molecule has 0 saturated carbocycles. The Morgan fingerprint density at radius 3 is 3.07 bits per heavy atom. The van der Waals surface area contributed by atoms with Crippen LogP contribution in [0.25, 0.3) is 0 Å². The monoisotopic (exact) mass is 200 g/mol. The van der Waals surface area contributed by atoms with Crippen molar-refractivity contribution in [3.63, 3.8) is 0 Å². The molecule has 4 nitrogen and oxygen atoms in total. The van der Waals surface area contributed by atoms with Gasteiger partial charge in [-0.1, -0.05) is 6.92 Å². The van der Waals surface area contributed by atoms with Gasteiger partial charge >= 0.3 is 0 Å². The number of likely N-dealkylation sites (tertiary alicyclic amines) is 1. The van der Waals surface area contributed by atoms with E-state index in [2.05, 4.69) is 5.32 Å². The molecule has 2 N–H and O–H groups in total. The fourth-order valence-corrected chi connectivity index (χ4v) is 1.70. The van der Waals surface area contributed by atoms with Crippen molar-refractivity contribution in [2.24, 2.45) is 0 Å². The molecule has 1 rings (SSSR count). The first-order valence-corrected chi connectivity index (χ1v) is 5.39. The van der Waals surface area contributed by atoms with Crippen molar-refractivity contribution in [2.75, 3.05) is 26.2 Å². The predicted octanol–water partition coefficient (Wildman–Crippen LogP) is -0.0307. The molecule has 0 aromatic carbocycles. The highest BCUT2D eigenvalue weighted by molar-refractivity contribution is 5.77. The molecular weight excluding hydrogens is 180 g/mol. The summed E-state index contributed by atoms with van der Waals surface area (Å²) in [7, 11) is 0. The van der Waals surface area contributed by atoms with Gasteiger partial charge in [-0.2, -0.15) is 0 Å². The molecule has 1 unspecified atom stereocenters. The van der Waals surface area contributed by atoms with Crippen molar-refractivity contribution in [3.05, 3.63) is 0 Å². The molecule has 14 heavy (non-hydrogen) atoms. The summed E-state index contributed by atoms with van der Waals surface area (Å²) in [5, 5.41) is 12.2. The smallest absolute Gasteiger partial charge is 0.234 e. The number of amides is 1. The molecule has 1 amide bonds. The summed E-state index contributed by atoms with van der Waals surface area (Å²) in [6.07, 6.45) is 2.58. The van der Waals surface area contributed by atoms with Crippen LogP contribution >= 0.6 is 0 Å². The predicted molar refractivity (Wildman–Crippen MR) is 55.0 cm³/mol. The van der Waals surface area contributed by atoms with Crippen molar-refractivity contribution in [1.29, 1.82) is 0 Å². The first kappa shape index (κ1) is 11.5. The van der Waals surface area contributed by atoms with Gasteiger partial charge in [-0.3, -0.25) is 9.69 Å². The van der Waals surface area contributed by atoms with Crippen LogP contribution in [0.15, 0.2) is 0 Å². The molecule has 1 fully saturated rings. The third kappa shape index (κ3) is 4.07. The Kier molecular flexibility index (Phi) is 4.90. The summed E-state index contributed by atoms with van der Waals surface area (Å²) in [6, 6.07) is 0. The highest BCUT2D eigenvalue weighted by Gasteiger charge is 2.19. The van der Waals surface area contributed by atoms with Crippen LogP contribution in [0.3, 0.4) is 0 Å². The summed E-state index contributed by atoms with van der Waals surface area (Å²) in [5.41, 5.74) is 0. The highest BCUT2D eigenvalue weighted by Crippen LogP contribution is 2.08. The quantitative estimate of drug-likeness (QED) is 0.670. The van der Waals surface area contributed by atoms with Crippen LogP contribution in [-0.4, -0.2) is 48.2 Å². The van der Waals surface area contributed by atoms with Gasteiger partial charge in [0.05, 0.1) is 12.6 Å².